The van der Waals surface area contributed by atoms with Crippen LogP contribution in [0.5, 0.6) is 5.75 Å². The third-order valence-corrected chi connectivity index (χ3v) is 9.30. The molecule has 1 saturated carbocycles. The van der Waals surface area contributed by atoms with Gasteiger partial charge in [-0.25, -0.2) is 4.39 Å². The molecule has 0 radical (unpaired) electrons. The number of nitrogens with zero attached hydrogens (tertiary/aromatic N) is 2. The molecule has 1 amide bonds. The zero-order valence-corrected chi connectivity index (χ0v) is 21.7. The number of benzene rings is 2. The summed E-state index contributed by atoms with van der Waals surface area (Å²) < 4.78 is 20.4. The number of aromatic amines is 1. The van der Waals surface area contributed by atoms with Crippen LogP contribution in [0, 0.1) is 11.7 Å². The standard InChI is InChI=1S/C30H36FN3O3/c1-19(22-8-3-4-9-24(22)31)34-18-30(12-14-33(15-13-30)29(36)20-6-5-7-20)27-23-11-10-21(37-2)16-25(23)32-28(27)26(34)17-35/h3-4,8-11,16,19-20,26,32,35H,5-7,12-15,17-18H2,1-2H3. The molecule has 1 spiro atoms. The Kier molecular flexibility index (Phi) is 6.24. The molecule has 2 N–H and O–H groups in total. The minimum Gasteiger partial charge on any atom is -0.497 e. The van der Waals surface area contributed by atoms with Gasteiger partial charge in [-0.2, -0.15) is 0 Å². The Hall–Kier alpha value is -2.90. The van der Waals surface area contributed by atoms with Crippen molar-refractivity contribution in [3.63, 3.8) is 0 Å². The zero-order chi connectivity index (χ0) is 25.7. The monoisotopic (exact) mass is 505 g/mol. The van der Waals surface area contributed by atoms with Crippen LogP contribution < -0.4 is 4.74 Å². The number of aliphatic hydroxyl groups is 1. The van der Waals surface area contributed by atoms with Gasteiger partial charge in [0.25, 0.3) is 0 Å². The van der Waals surface area contributed by atoms with Crippen LogP contribution in [0.4, 0.5) is 4.39 Å². The lowest BCUT2D eigenvalue weighted by Crippen LogP contribution is -2.55. The number of methoxy groups -OCH3 is 1. The van der Waals surface area contributed by atoms with Gasteiger partial charge in [-0.1, -0.05) is 24.6 Å². The van der Waals surface area contributed by atoms with E-state index in [1.807, 2.05) is 31.2 Å². The van der Waals surface area contributed by atoms with Gasteiger partial charge in [-0.3, -0.25) is 9.69 Å². The minimum atomic E-state index is -0.289. The van der Waals surface area contributed by atoms with Crippen molar-refractivity contribution in [3.05, 3.63) is 65.1 Å². The third-order valence-electron chi connectivity index (χ3n) is 9.30. The Morgan fingerprint density at radius 2 is 1.97 bits per heavy atom. The topological polar surface area (TPSA) is 68.8 Å². The number of piperidine rings is 1. The summed E-state index contributed by atoms with van der Waals surface area (Å²) in [6.07, 6.45) is 4.87. The second-order valence-corrected chi connectivity index (χ2v) is 11.1. The number of hydrogen-bond donors (Lipinski definition) is 2. The number of amides is 1. The molecule has 1 aromatic heterocycles. The highest BCUT2D eigenvalue weighted by Crippen LogP contribution is 2.51. The van der Waals surface area contributed by atoms with Crippen molar-refractivity contribution in [3.8, 4) is 5.75 Å². The molecule has 3 aliphatic rings. The molecule has 2 fully saturated rings. The molecule has 3 heterocycles. The molecular weight excluding hydrogens is 469 g/mol. The molecule has 2 aliphatic heterocycles. The Labute approximate surface area is 217 Å². The van der Waals surface area contributed by atoms with Crippen LogP contribution in [0.1, 0.15) is 67.9 Å². The smallest absolute Gasteiger partial charge is 0.225 e. The zero-order valence-electron chi connectivity index (χ0n) is 21.7. The highest BCUT2D eigenvalue weighted by molar-refractivity contribution is 5.88. The Morgan fingerprint density at radius 3 is 2.62 bits per heavy atom. The predicted octanol–water partition coefficient (Wildman–Crippen LogP) is 5.09. The van der Waals surface area contributed by atoms with Crippen LogP contribution in [-0.4, -0.2) is 59.1 Å². The van der Waals surface area contributed by atoms with Gasteiger partial charge in [0.05, 0.1) is 19.8 Å². The minimum absolute atomic E-state index is 0.0713. The number of aromatic nitrogens is 1. The molecule has 6 rings (SSSR count). The highest BCUT2D eigenvalue weighted by Gasteiger charge is 2.49. The van der Waals surface area contributed by atoms with Crippen molar-refractivity contribution in [1.29, 1.82) is 0 Å². The van der Waals surface area contributed by atoms with E-state index in [-0.39, 0.29) is 35.8 Å². The van der Waals surface area contributed by atoms with Crippen LogP contribution in [0.25, 0.3) is 10.9 Å². The highest BCUT2D eigenvalue weighted by atomic mass is 19.1. The largest absolute Gasteiger partial charge is 0.497 e. The number of aliphatic hydroxyl groups excluding tert-OH is 1. The molecule has 196 valence electrons. The summed E-state index contributed by atoms with van der Waals surface area (Å²) in [7, 11) is 1.66. The van der Waals surface area contributed by atoms with Crippen molar-refractivity contribution in [2.75, 3.05) is 33.4 Å². The van der Waals surface area contributed by atoms with Gasteiger partial charge in [-0.15, -0.1) is 0 Å². The summed E-state index contributed by atoms with van der Waals surface area (Å²) in [5.41, 5.74) is 3.66. The SMILES string of the molecule is COc1ccc2c3c([nH]c2c1)C(CO)N(C(C)c1ccccc1F)CC31CCN(C(=O)C2CCC2)CC1. The summed E-state index contributed by atoms with van der Waals surface area (Å²) >= 11 is 0. The van der Waals surface area contributed by atoms with Gasteiger partial charge in [0.15, 0.2) is 0 Å². The molecule has 2 aromatic carbocycles. The molecular formula is C30H36FN3O3. The molecule has 6 nitrogen and oxygen atoms in total. The first-order valence-electron chi connectivity index (χ1n) is 13.6. The molecule has 7 heteroatoms. The van der Waals surface area contributed by atoms with Crippen molar-refractivity contribution in [2.45, 2.75) is 56.5 Å². The lowest BCUT2D eigenvalue weighted by atomic mass is 9.67. The van der Waals surface area contributed by atoms with E-state index in [9.17, 15) is 14.3 Å². The number of carbonyl (C=O) groups excluding carboxylic acids is 1. The third kappa shape index (κ3) is 3.94. The molecule has 37 heavy (non-hydrogen) atoms. The number of halogens is 1. The average Bonchev–Trinajstić information content (AvgIpc) is 3.27. The molecule has 0 bridgehead atoms. The van der Waals surface area contributed by atoms with Crippen molar-refractivity contribution >= 4 is 16.8 Å². The van der Waals surface area contributed by atoms with Gasteiger partial charge in [0.2, 0.25) is 5.91 Å². The van der Waals surface area contributed by atoms with E-state index in [1.165, 1.54) is 11.6 Å². The van der Waals surface area contributed by atoms with Crippen molar-refractivity contribution < 1.29 is 19.0 Å². The molecule has 1 aliphatic carbocycles. The number of fused-ring (bicyclic) bond motifs is 4. The quantitative estimate of drug-likeness (QED) is 0.507. The Morgan fingerprint density at radius 1 is 1.22 bits per heavy atom. The van der Waals surface area contributed by atoms with E-state index < -0.39 is 0 Å². The predicted molar refractivity (Wildman–Crippen MR) is 141 cm³/mol. The van der Waals surface area contributed by atoms with Crippen molar-refractivity contribution in [2.24, 2.45) is 5.92 Å². The van der Waals surface area contributed by atoms with Crippen LogP contribution in [0.15, 0.2) is 42.5 Å². The Bertz CT molecular complexity index is 1310. The maximum absolute atomic E-state index is 14.9. The number of ether oxygens (including phenoxy) is 1. The Balaban J connectivity index is 1.43. The number of hydrogen-bond acceptors (Lipinski definition) is 4. The number of carbonyl (C=O) groups is 1. The second kappa shape index (κ2) is 9.44. The van der Waals surface area contributed by atoms with Gasteiger partial charge >= 0.3 is 0 Å². The van der Waals surface area contributed by atoms with Crippen LogP contribution in [0.2, 0.25) is 0 Å². The lowest BCUT2D eigenvalue weighted by Gasteiger charge is -2.52. The summed E-state index contributed by atoms with van der Waals surface area (Å²) in [5, 5.41) is 11.8. The van der Waals surface area contributed by atoms with Crippen molar-refractivity contribution in [1.82, 2.24) is 14.8 Å². The lowest BCUT2D eigenvalue weighted by molar-refractivity contribution is -0.140. The number of likely N-dealkylation sites (tertiary alicyclic amines) is 1. The van der Waals surface area contributed by atoms with Gasteiger partial charge in [-0.05, 0) is 56.4 Å². The molecule has 1 saturated heterocycles. The fourth-order valence-corrected chi connectivity index (χ4v) is 6.92. The fourth-order valence-electron chi connectivity index (χ4n) is 6.92. The average molecular weight is 506 g/mol. The number of rotatable bonds is 5. The molecule has 3 aromatic rings. The molecule has 2 unspecified atom stereocenters. The number of H-pyrrole nitrogens is 1. The van der Waals surface area contributed by atoms with Gasteiger partial charge in [0, 0.05) is 65.2 Å². The maximum Gasteiger partial charge on any atom is 0.225 e. The first-order valence-corrected chi connectivity index (χ1v) is 13.6. The van der Waals surface area contributed by atoms with Gasteiger partial charge < -0.3 is 19.7 Å². The maximum atomic E-state index is 14.9. The van der Waals surface area contributed by atoms with Crippen LogP contribution in [0.3, 0.4) is 0 Å². The summed E-state index contributed by atoms with van der Waals surface area (Å²) in [4.78, 5) is 21.0. The normalized spacial score (nSPS) is 22.6. The van der Waals surface area contributed by atoms with E-state index >= 15 is 0 Å². The van der Waals surface area contributed by atoms with E-state index in [0.29, 0.717) is 18.0 Å². The number of nitrogens with one attached hydrogen (secondary N) is 1. The van der Waals surface area contributed by atoms with Gasteiger partial charge in [0.1, 0.15) is 11.6 Å². The summed E-state index contributed by atoms with van der Waals surface area (Å²) in [6, 6.07) is 12.5. The fraction of sp³-hybridized carbons (Fsp3) is 0.500. The van der Waals surface area contributed by atoms with E-state index in [1.54, 1.807) is 13.2 Å². The summed E-state index contributed by atoms with van der Waals surface area (Å²) in [5.74, 6) is 1.06. The van der Waals surface area contributed by atoms with E-state index in [0.717, 1.165) is 67.5 Å². The van der Waals surface area contributed by atoms with E-state index in [2.05, 4.69) is 20.9 Å². The molecule has 2 atom stereocenters. The summed E-state index contributed by atoms with van der Waals surface area (Å²) in [6.45, 7) is 4.11. The second-order valence-electron chi connectivity index (χ2n) is 11.1. The van der Waals surface area contributed by atoms with Crippen LogP contribution >= 0.6 is 0 Å². The first-order chi connectivity index (χ1) is 18.0. The van der Waals surface area contributed by atoms with Crippen LogP contribution in [-0.2, 0) is 10.2 Å². The first kappa shape index (κ1) is 24.4. The van der Waals surface area contributed by atoms with E-state index in [4.69, 9.17) is 4.74 Å².